The van der Waals surface area contributed by atoms with Crippen molar-refractivity contribution in [1.82, 2.24) is 15.0 Å². The average molecular weight is 381 g/mol. The first-order chi connectivity index (χ1) is 10.9. The van der Waals surface area contributed by atoms with Crippen LogP contribution in [0.15, 0.2) is 21.8 Å². The van der Waals surface area contributed by atoms with Gasteiger partial charge in [0.25, 0.3) is 0 Å². The summed E-state index contributed by atoms with van der Waals surface area (Å²) in [4.78, 5) is 0. The smallest absolute Gasteiger partial charge is 0.136 e. The summed E-state index contributed by atoms with van der Waals surface area (Å²) in [5.41, 5.74) is 2.13. The minimum absolute atomic E-state index is 0.223. The molecule has 1 fully saturated rings. The lowest BCUT2D eigenvalue weighted by atomic mass is 9.90. The van der Waals surface area contributed by atoms with Crippen molar-refractivity contribution in [2.45, 2.75) is 40.2 Å². The molecule has 0 unspecified atom stereocenters. The van der Waals surface area contributed by atoms with Crippen molar-refractivity contribution in [1.29, 1.82) is 0 Å². The molecule has 1 saturated carbocycles. The maximum Gasteiger partial charge on any atom is 0.136 e. The number of oxime groups is 1. The molecule has 0 atom stereocenters. The minimum atomic E-state index is -0.251. The predicted octanol–water partition coefficient (Wildman–Crippen LogP) is 3.86. The standard InChI is InChI=1S/C16H21BrN4O2/c1-16(2,3)13(19-22)9-23-12-7-6-11-15(14(12)17)18-20-21(11)8-10-4-5-10/h6-7,10,22H,4-5,8-9H2,1-3H3/b19-13-. The minimum Gasteiger partial charge on any atom is -0.486 e. The number of aromatic nitrogens is 3. The number of benzene rings is 1. The SMILES string of the molecule is CC(C)(C)/C(COc1ccc2c(nnn2CC2CC2)c1Br)=N\O. The molecule has 1 aliphatic carbocycles. The van der Waals surface area contributed by atoms with Crippen molar-refractivity contribution < 1.29 is 9.94 Å². The van der Waals surface area contributed by atoms with Gasteiger partial charge in [-0.15, -0.1) is 5.10 Å². The average Bonchev–Trinajstić information content (AvgIpc) is 3.20. The molecule has 0 spiro atoms. The fourth-order valence-electron chi connectivity index (χ4n) is 2.32. The van der Waals surface area contributed by atoms with E-state index in [0.717, 1.165) is 28.0 Å². The monoisotopic (exact) mass is 380 g/mol. The van der Waals surface area contributed by atoms with Crippen LogP contribution in [-0.4, -0.2) is 32.5 Å². The van der Waals surface area contributed by atoms with Crippen LogP contribution in [-0.2, 0) is 6.54 Å². The third-order valence-corrected chi connectivity index (χ3v) is 4.84. The molecule has 0 saturated heterocycles. The molecule has 1 aromatic heterocycles. The molecule has 124 valence electrons. The number of halogens is 1. The maximum atomic E-state index is 9.14. The zero-order valence-corrected chi connectivity index (χ0v) is 15.2. The van der Waals surface area contributed by atoms with Crippen LogP contribution in [0.3, 0.4) is 0 Å². The van der Waals surface area contributed by atoms with Gasteiger partial charge >= 0.3 is 0 Å². The van der Waals surface area contributed by atoms with Crippen LogP contribution in [0.4, 0.5) is 0 Å². The Morgan fingerprint density at radius 3 is 2.78 bits per heavy atom. The molecular formula is C16H21BrN4O2. The van der Waals surface area contributed by atoms with E-state index in [2.05, 4.69) is 31.4 Å². The lowest BCUT2D eigenvalue weighted by Gasteiger charge is -2.20. The summed E-state index contributed by atoms with van der Waals surface area (Å²) in [6.07, 6.45) is 2.56. The van der Waals surface area contributed by atoms with Gasteiger partial charge in [0, 0.05) is 12.0 Å². The molecule has 6 nitrogen and oxygen atoms in total. The maximum absolute atomic E-state index is 9.14. The van der Waals surface area contributed by atoms with E-state index in [4.69, 9.17) is 9.94 Å². The number of fused-ring (bicyclic) bond motifs is 1. The number of rotatable bonds is 5. The Morgan fingerprint density at radius 2 is 2.17 bits per heavy atom. The topological polar surface area (TPSA) is 72.5 Å². The van der Waals surface area contributed by atoms with Gasteiger partial charge in [0.05, 0.1) is 15.7 Å². The van der Waals surface area contributed by atoms with Crippen LogP contribution in [0.2, 0.25) is 0 Å². The normalized spacial score (nSPS) is 16.1. The van der Waals surface area contributed by atoms with E-state index in [0.29, 0.717) is 11.5 Å². The van der Waals surface area contributed by atoms with Gasteiger partial charge in [-0.2, -0.15) is 0 Å². The van der Waals surface area contributed by atoms with E-state index in [-0.39, 0.29) is 12.0 Å². The van der Waals surface area contributed by atoms with Crippen LogP contribution in [0.5, 0.6) is 5.75 Å². The van der Waals surface area contributed by atoms with Gasteiger partial charge in [-0.05, 0) is 46.8 Å². The van der Waals surface area contributed by atoms with Crippen LogP contribution in [0, 0.1) is 11.3 Å². The van der Waals surface area contributed by atoms with Crippen LogP contribution < -0.4 is 4.74 Å². The van der Waals surface area contributed by atoms with Crippen LogP contribution in [0.25, 0.3) is 11.0 Å². The second-order valence-electron chi connectivity index (χ2n) is 7.05. The van der Waals surface area contributed by atoms with Crippen LogP contribution >= 0.6 is 15.9 Å². The highest BCUT2D eigenvalue weighted by atomic mass is 79.9. The summed E-state index contributed by atoms with van der Waals surface area (Å²) in [5, 5.41) is 21.0. The molecule has 1 aromatic carbocycles. The fourth-order valence-corrected chi connectivity index (χ4v) is 2.85. The fraction of sp³-hybridized carbons (Fsp3) is 0.562. The van der Waals surface area contributed by atoms with Crippen molar-refractivity contribution in [3.63, 3.8) is 0 Å². The molecule has 23 heavy (non-hydrogen) atoms. The summed E-state index contributed by atoms with van der Waals surface area (Å²) in [6, 6.07) is 3.88. The summed E-state index contributed by atoms with van der Waals surface area (Å²) in [5.74, 6) is 1.41. The Bertz CT molecular complexity index is 744. The number of hydrogen-bond acceptors (Lipinski definition) is 5. The number of nitrogens with zero attached hydrogens (tertiary/aromatic N) is 4. The first-order valence-electron chi connectivity index (χ1n) is 7.76. The van der Waals surface area contributed by atoms with Gasteiger partial charge in [-0.25, -0.2) is 4.68 Å². The highest BCUT2D eigenvalue weighted by molar-refractivity contribution is 9.10. The molecule has 0 radical (unpaired) electrons. The second-order valence-corrected chi connectivity index (χ2v) is 7.84. The van der Waals surface area contributed by atoms with E-state index < -0.39 is 0 Å². The summed E-state index contributed by atoms with van der Waals surface area (Å²) < 4.78 is 8.55. The Hall–Kier alpha value is -1.63. The van der Waals surface area contributed by atoms with Gasteiger partial charge in [0.15, 0.2) is 0 Å². The number of ether oxygens (including phenoxy) is 1. The molecule has 3 rings (SSSR count). The Kier molecular flexibility index (Phi) is 4.31. The van der Waals surface area contributed by atoms with Gasteiger partial charge in [-0.1, -0.05) is 31.1 Å². The highest BCUT2D eigenvalue weighted by Crippen LogP contribution is 2.35. The van der Waals surface area contributed by atoms with E-state index in [9.17, 15) is 0 Å². The largest absolute Gasteiger partial charge is 0.486 e. The first kappa shape index (κ1) is 16.2. The molecule has 0 amide bonds. The quantitative estimate of drug-likeness (QED) is 0.485. The van der Waals surface area contributed by atoms with Crippen molar-refractivity contribution in [2.24, 2.45) is 16.5 Å². The highest BCUT2D eigenvalue weighted by Gasteiger charge is 2.24. The van der Waals surface area contributed by atoms with E-state index in [1.165, 1.54) is 12.8 Å². The molecule has 1 aliphatic rings. The summed E-state index contributed by atoms with van der Waals surface area (Å²) in [7, 11) is 0. The molecule has 1 heterocycles. The molecule has 0 bridgehead atoms. The first-order valence-corrected chi connectivity index (χ1v) is 8.55. The van der Waals surface area contributed by atoms with Crippen molar-refractivity contribution in [3.05, 3.63) is 16.6 Å². The van der Waals surface area contributed by atoms with E-state index in [1.807, 2.05) is 37.6 Å². The molecule has 0 aliphatic heterocycles. The summed E-state index contributed by atoms with van der Waals surface area (Å²) >= 11 is 3.56. The zero-order valence-electron chi connectivity index (χ0n) is 13.6. The Balaban J connectivity index is 1.80. The van der Waals surface area contributed by atoms with Gasteiger partial charge < -0.3 is 9.94 Å². The molecule has 7 heteroatoms. The second kappa shape index (κ2) is 6.11. The van der Waals surface area contributed by atoms with Gasteiger partial charge in [0.1, 0.15) is 17.9 Å². The predicted molar refractivity (Wildman–Crippen MR) is 92.1 cm³/mol. The third kappa shape index (κ3) is 3.49. The Morgan fingerprint density at radius 1 is 1.43 bits per heavy atom. The number of hydrogen-bond donors (Lipinski definition) is 1. The van der Waals surface area contributed by atoms with Gasteiger partial charge in [0.2, 0.25) is 0 Å². The Labute approximate surface area is 143 Å². The molecular weight excluding hydrogens is 360 g/mol. The third-order valence-electron chi connectivity index (χ3n) is 4.07. The van der Waals surface area contributed by atoms with Crippen molar-refractivity contribution in [3.8, 4) is 5.75 Å². The van der Waals surface area contributed by atoms with E-state index >= 15 is 0 Å². The van der Waals surface area contributed by atoms with Gasteiger partial charge in [-0.3, -0.25) is 0 Å². The van der Waals surface area contributed by atoms with Crippen molar-refractivity contribution in [2.75, 3.05) is 6.61 Å². The van der Waals surface area contributed by atoms with Crippen LogP contribution in [0.1, 0.15) is 33.6 Å². The molecule has 2 aromatic rings. The summed E-state index contributed by atoms with van der Waals surface area (Å²) in [6.45, 7) is 7.09. The molecule has 1 N–H and O–H groups in total. The zero-order chi connectivity index (χ0) is 16.6. The van der Waals surface area contributed by atoms with E-state index in [1.54, 1.807) is 0 Å². The van der Waals surface area contributed by atoms with Crippen molar-refractivity contribution >= 4 is 32.7 Å². The lowest BCUT2D eigenvalue weighted by Crippen LogP contribution is -2.26. The lowest BCUT2D eigenvalue weighted by molar-refractivity contribution is 0.293.